The molecule has 18 heavy (non-hydrogen) atoms. The number of hydrogen-bond donors (Lipinski definition) is 1. The number of aliphatic hydroxyl groups is 1. The van der Waals surface area contributed by atoms with Crippen LogP contribution < -0.4 is 0 Å². The van der Waals surface area contributed by atoms with Gasteiger partial charge in [0.2, 0.25) is 0 Å². The smallest absolute Gasteiger partial charge is 0.0804 e. The summed E-state index contributed by atoms with van der Waals surface area (Å²) in [6, 6.07) is 3.86. The van der Waals surface area contributed by atoms with E-state index in [4.69, 9.17) is 11.6 Å². The van der Waals surface area contributed by atoms with Gasteiger partial charge in [0.1, 0.15) is 0 Å². The third-order valence-corrected chi connectivity index (χ3v) is 3.27. The molecule has 0 amide bonds. The lowest BCUT2D eigenvalue weighted by Gasteiger charge is -2.07. The van der Waals surface area contributed by atoms with Crippen molar-refractivity contribution >= 4 is 11.6 Å². The number of halogens is 1. The van der Waals surface area contributed by atoms with Gasteiger partial charge in [0.15, 0.2) is 0 Å². The Morgan fingerprint density at radius 3 is 3.00 bits per heavy atom. The van der Waals surface area contributed by atoms with Crippen molar-refractivity contribution in [3.05, 3.63) is 53.1 Å². The van der Waals surface area contributed by atoms with Gasteiger partial charge in [-0.2, -0.15) is 0 Å². The highest BCUT2D eigenvalue weighted by atomic mass is 35.5. The van der Waals surface area contributed by atoms with Crippen LogP contribution in [0.2, 0.25) is 5.02 Å². The fourth-order valence-electron chi connectivity index (χ4n) is 1.92. The van der Waals surface area contributed by atoms with Gasteiger partial charge in [-0.1, -0.05) is 24.9 Å². The minimum absolute atomic E-state index is 0.371. The molecule has 0 bridgehead atoms. The maximum Gasteiger partial charge on any atom is 0.0804 e. The van der Waals surface area contributed by atoms with Crippen LogP contribution in [-0.2, 0) is 6.54 Å². The zero-order valence-electron chi connectivity index (χ0n) is 10.4. The van der Waals surface area contributed by atoms with Crippen molar-refractivity contribution in [1.29, 1.82) is 0 Å². The fraction of sp³-hybridized carbons (Fsp3) is 0.357. The number of hydrogen-bond acceptors (Lipinski definition) is 2. The van der Waals surface area contributed by atoms with Gasteiger partial charge in [-0.15, -0.1) is 0 Å². The van der Waals surface area contributed by atoms with Gasteiger partial charge in [0.05, 0.1) is 11.1 Å². The standard InChI is InChI=1S/C14H17ClN2O/c1-2-3-14(18)12-5-7-17(10-12)9-11-4-6-16-8-13(11)15/h4-8,10,14,18H,2-3,9H2,1H3. The molecule has 1 unspecified atom stereocenters. The zero-order chi connectivity index (χ0) is 13.0. The Bertz CT molecular complexity index is 510. The summed E-state index contributed by atoms with van der Waals surface area (Å²) in [6.07, 6.45) is 8.71. The molecule has 0 spiro atoms. The monoisotopic (exact) mass is 264 g/mol. The van der Waals surface area contributed by atoms with E-state index in [1.807, 2.05) is 29.1 Å². The van der Waals surface area contributed by atoms with Crippen molar-refractivity contribution in [2.75, 3.05) is 0 Å². The van der Waals surface area contributed by atoms with E-state index in [1.54, 1.807) is 12.4 Å². The number of aliphatic hydroxyl groups excluding tert-OH is 1. The second-order valence-corrected chi connectivity index (χ2v) is 4.80. The first kappa shape index (κ1) is 13.1. The van der Waals surface area contributed by atoms with E-state index in [2.05, 4.69) is 11.9 Å². The Morgan fingerprint density at radius 2 is 2.28 bits per heavy atom. The number of pyridine rings is 1. The number of rotatable bonds is 5. The molecular weight excluding hydrogens is 248 g/mol. The molecule has 0 radical (unpaired) electrons. The molecule has 2 heterocycles. The lowest BCUT2D eigenvalue weighted by molar-refractivity contribution is 0.166. The third kappa shape index (κ3) is 3.12. The maximum absolute atomic E-state index is 9.91. The molecule has 4 heteroatoms. The first-order chi connectivity index (χ1) is 8.70. The Balaban J connectivity index is 2.09. The van der Waals surface area contributed by atoms with E-state index < -0.39 is 0 Å². The summed E-state index contributed by atoms with van der Waals surface area (Å²) in [5.74, 6) is 0. The zero-order valence-corrected chi connectivity index (χ0v) is 11.1. The van der Waals surface area contributed by atoms with Gasteiger partial charge >= 0.3 is 0 Å². The molecule has 0 aliphatic heterocycles. The molecule has 2 aromatic rings. The topological polar surface area (TPSA) is 38.0 Å². The van der Waals surface area contributed by atoms with E-state index >= 15 is 0 Å². The highest BCUT2D eigenvalue weighted by Crippen LogP contribution is 2.20. The van der Waals surface area contributed by atoms with Crippen LogP contribution in [0.25, 0.3) is 0 Å². The molecule has 0 saturated heterocycles. The second-order valence-electron chi connectivity index (χ2n) is 4.39. The minimum atomic E-state index is -0.371. The van der Waals surface area contributed by atoms with Crippen molar-refractivity contribution in [2.45, 2.75) is 32.4 Å². The first-order valence-corrected chi connectivity index (χ1v) is 6.50. The first-order valence-electron chi connectivity index (χ1n) is 6.13. The van der Waals surface area contributed by atoms with E-state index in [9.17, 15) is 5.11 Å². The van der Waals surface area contributed by atoms with Gasteiger partial charge in [0.25, 0.3) is 0 Å². The van der Waals surface area contributed by atoms with Crippen LogP contribution in [0.3, 0.4) is 0 Å². The summed E-state index contributed by atoms with van der Waals surface area (Å²) in [5.41, 5.74) is 1.99. The molecular formula is C14H17ClN2O. The van der Waals surface area contributed by atoms with Crippen LogP contribution >= 0.6 is 11.6 Å². The molecule has 0 aromatic carbocycles. The Kier molecular flexibility index (Phi) is 4.39. The third-order valence-electron chi connectivity index (χ3n) is 2.93. The van der Waals surface area contributed by atoms with Gasteiger partial charge < -0.3 is 9.67 Å². The molecule has 1 atom stereocenters. The van der Waals surface area contributed by atoms with Crippen molar-refractivity contribution in [3.63, 3.8) is 0 Å². The van der Waals surface area contributed by atoms with E-state index in [0.717, 1.165) is 24.0 Å². The van der Waals surface area contributed by atoms with Crippen LogP contribution in [0.1, 0.15) is 37.0 Å². The van der Waals surface area contributed by atoms with E-state index in [0.29, 0.717) is 11.6 Å². The average molecular weight is 265 g/mol. The quantitative estimate of drug-likeness (QED) is 0.899. The summed E-state index contributed by atoms with van der Waals surface area (Å²) in [6.45, 7) is 2.76. The lowest BCUT2D eigenvalue weighted by atomic mass is 10.1. The lowest BCUT2D eigenvalue weighted by Crippen LogP contribution is -1.99. The van der Waals surface area contributed by atoms with Crippen LogP contribution in [0.5, 0.6) is 0 Å². The maximum atomic E-state index is 9.91. The Labute approximate surface area is 112 Å². The molecule has 0 fully saturated rings. The predicted octanol–water partition coefficient (Wildman–Crippen LogP) is 3.42. The molecule has 96 valence electrons. The summed E-state index contributed by atoms with van der Waals surface area (Å²) < 4.78 is 2.02. The summed E-state index contributed by atoms with van der Waals surface area (Å²) in [7, 11) is 0. The fourth-order valence-corrected chi connectivity index (χ4v) is 2.10. The highest BCUT2D eigenvalue weighted by Gasteiger charge is 2.08. The van der Waals surface area contributed by atoms with Crippen molar-refractivity contribution in [1.82, 2.24) is 9.55 Å². The molecule has 2 rings (SSSR count). The van der Waals surface area contributed by atoms with Gasteiger partial charge in [-0.3, -0.25) is 4.98 Å². The van der Waals surface area contributed by atoms with Gasteiger partial charge in [-0.25, -0.2) is 0 Å². The Morgan fingerprint density at radius 1 is 1.44 bits per heavy atom. The van der Waals surface area contributed by atoms with Crippen molar-refractivity contribution in [2.24, 2.45) is 0 Å². The molecule has 1 N–H and O–H groups in total. The highest BCUT2D eigenvalue weighted by molar-refractivity contribution is 6.31. The molecule has 0 saturated carbocycles. The number of aromatic nitrogens is 2. The average Bonchev–Trinajstić information content (AvgIpc) is 2.81. The van der Waals surface area contributed by atoms with Crippen molar-refractivity contribution in [3.8, 4) is 0 Å². The van der Waals surface area contributed by atoms with Crippen LogP contribution in [0.15, 0.2) is 36.9 Å². The summed E-state index contributed by atoms with van der Waals surface area (Å²) >= 11 is 6.07. The second kappa shape index (κ2) is 6.03. The molecule has 0 aliphatic rings. The summed E-state index contributed by atoms with van der Waals surface area (Å²) in [5, 5.41) is 10.6. The Hall–Kier alpha value is -1.32. The van der Waals surface area contributed by atoms with Crippen LogP contribution in [0, 0.1) is 0 Å². The largest absolute Gasteiger partial charge is 0.388 e. The molecule has 2 aromatic heterocycles. The van der Waals surface area contributed by atoms with Crippen molar-refractivity contribution < 1.29 is 5.11 Å². The SMILES string of the molecule is CCCC(O)c1ccn(Cc2ccncc2Cl)c1. The number of nitrogens with zero attached hydrogens (tertiary/aromatic N) is 2. The molecule has 0 aliphatic carbocycles. The normalized spacial score (nSPS) is 12.6. The van der Waals surface area contributed by atoms with Gasteiger partial charge in [-0.05, 0) is 29.7 Å². The molecule has 3 nitrogen and oxygen atoms in total. The van der Waals surface area contributed by atoms with Crippen LogP contribution in [-0.4, -0.2) is 14.7 Å². The minimum Gasteiger partial charge on any atom is -0.388 e. The predicted molar refractivity (Wildman–Crippen MR) is 72.6 cm³/mol. The van der Waals surface area contributed by atoms with Gasteiger partial charge in [0, 0.05) is 31.3 Å². The van der Waals surface area contributed by atoms with E-state index in [1.165, 1.54) is 0 Å². The summed E-state index contributed by atoms with van der Waals surface area (Å²) in [4.78, 5) is 3.96. The van der Waals surface area contributed by atoms with Crippen LogP contribution in [0.4, 0.5) is 0 Å². The van der Waals surface area contributed by atoms with E-state index in [-0.39, 0.29) is 6.10 Å².